The molecule has 0 radical (unpaired) electrons. The summed E-state index contributed by atoms with van der Waals surface area (Å²) in [4.78, 5) is 3.92. The monoisotopic (exact) mass is 272 g/mol. The van der Waals surface area contributed by atoms with E-state index in [9.17, 15) is 5.11 Å². The Labute approximate surface area is 93.6 Å². The van der Waals surface area contributed by atoms with Crippen molar-refractivity contribution in [2.75, 3.05) is 5.73 Å². The molecule has 0 aliphatic rings. The van der Waals surface area contributed by atoms with E-state index in [-0.39, 0.29) is 5.75 Å². The molecule has 1 heterocycles. The van der Waals surface area contributed by atoms with Crippen LogP contribution >= 0.6 is 27.5 Å². The molecule has 0 bridgehead atoms. The third-order valence-electron chi connectivity index (χ3n) is 1.94. The summed E-state index contributed by atoms with van der Waals surface area (Å²) in [5, 5.41) is 11.4. The number of aromatic nitrogens is 1. The lowest BCUT2D eigenvalue weighted by Gasteiger charge is -2.06. The van der Waals surface area contributed by atoms with E-state index in [1.54, 1.807) is 18.3 Å². The average molecular weight is 274 g/mol. The Hall–Kier alpha value is -1.00. The molecule has 2 aromatic rings. The molecule has 2 rings (SSSR count). The van der Waals surface area contributed by atoms with Gasteiger partial charge in [-0.15, -0.1) is 0 Å². The van der Waals surface area contributed by atoms with E-state index >= 15 is 0 Å². The summed E-state index contributed by atoms with van der Waals surface area (Å²) in [5.41, 5.74) is 5.91. The van der Waals surface area contributed by atoms with Crippen LogP contribution in [0.25, 0.3) is 10.8 Å². The van der Waals surface area contributed by atoms with E-state index in [1.165, 1.54) is 0 Å². The first-order chi connectivity index (χ1) is 6.59. The number of anilines is 1. The second kappa shape index (κ2) is 3.29. The van der Waals surface area contributed by atoms with Gasteiger partial charge < -0.3 is 10.8 Å². The second-order valence-corrected chi connectivity index (χ2v) is 4.09. The van der Waals surface area contributed by atoms with Crippen molar-refractivity contribution in [2.45, 2.75) is 0 Å². The highest BCUT2D eigenvalue weighted by Gasteiger charge is 2.08. The van der Waals surface area contributed by atoms with Crippen molar-refractivity contribution in [3.63, 3.8) is 0 Å². The zero-order valence-corrected chi connectivity index (χ0v) is 9.30. The van der Waals surface area contributed by atoms with Crippen LogP contribution in [0, 0.1) is 0 Å². The third kappa shape index (κ3) is 1.40. The van der Waals surface area contributed by atoms with Gasteiger partial charge >= 0.3 is 0 Å². The van der Waals surface area contributed by atoms with Gasteiger partial charge in [-0.1, -0.05) is 27.5 Å². The van der Waals surface area contributed by atoms with Gasteiger partial charge in [-0.05, 0) is 12.1 Å². The second-order valence-electron chi connectivity index (χ2n) is 2.85. The van der Waals surface area contributed by atoms with Gasteiger partial charge in [-0.2, -0.15) is 0 Å². The Kier molecular flexibility index (Phi) is 2.25. The molecular formula is C9H6BrClN2O. The smallest absolute Gasteiger partial charge is 0.146 e. The molecule has 14 heavy (non-hydrogen) atoms. The van der Waals surface area contributed by atoms with Crippen molar-refractivity contribution in [3.05, 3.63) is 28.0 Å². The molecule has 0 aliphatic carbocycles. The molecule has 3 N–H and O–H groups in total. The SMILES string of the molecule is Nc1cc(Br)c2cnc(Cl)cc2c1O. The predicted octanol–water partition coefficient (Wildman–Crippen LogP) is 2.94. The standard InChI is InChI=1S/C9H6BrClN2O/c10-6-2-7(12)9(14)4-1-8(11)13-3-5(4)6/h1-3,14H,12H2. The summed E-state index contributed by atoms with van der Waals surface area (Å²) >= 11 is 9.05. The number of halogens is 2. The number of rotatable bonds is 0. The molecule has 0 aliphatic heterocycles. The topological polar surface area (TPSA) is 59.1 Å². The fraction of sp³-hybridized carbons (Fsp3) is 0. The maximum Gasteiger partial charge on any atom is 0.146 e. The van der Waals surface area contributed by atoms with Crippen molar-refractivity contribution in [3.8, 4) is 5.75 Å². The molecule has 5 heteroatoms. The highest BCUT2D eigenvalue weighted by molar-refractivity contribution is 9.10. The first-order valence-corrected chi connectivity index (χ1v) is 4.99. The van der Waals surface area contributed by atoms with Crippen LogP contribution in [0.4, 0.5) is 5.69 Å². The Morgan fingerprint density at radius 2 is 2.07 bits per heavy atom. The number of phenols is 1. The van der Waals surface area contributed by atoms with Gasteiger partial charge in [-0.3, -0.25) is 0 Å². The minimum absolute atomic E-state index is 0.0347. The fourth-order valence-corrected chi connectivity index (χ4v) is 1.97. The summed E-state index contributed by atoms with van der Waals surface area (Å²) in [6.07, 6.45) is 1.58. The van der Waals surface area contributed by atoms with Gasteiger partial charge in [0.15, 0.2) is 0 Å². The van der Waals surface area contributed by atoms with Crippen LogP contribution in [0.1, 0.15) is 0 Å². The molecule has 1 aromatic carbocycles. The van der Waals surface area contributed by atoms with Gasteiger partial charge in [-0.25, -0.2) is 4.98 Å². The van der Waals surface area contributed by atoms with Crippen molar-refractivity contribution in [1.82, 2.24) is 4.98 Å². The molecule has 0 atom stereocenters. The van der Waals surface area contributed by atoms with Gasteiger partial charge in [0.05, 0.1) is 5.69 Å². The van der Waals surface area contributed by atoms with Crippen molar-refractivity contribution in [1.29, 1.82) is 0 Å². The lowest BCUT2D eigenvalue weighted by molar-refractivity contribution is 0.484. The zero-order chi connectivity index (χ0) is 10.3. The number of benzene rings is 1. The van der Waals surface area contributed by atoms with E-state index in [1.807, 2.05) is 0 Å². The van der Waals surface area contributed by atoms with Crippen LogP contribution in [0.15, 0.2) is 22.8 Å². The quantitative estimate of drug-likeness (QED) is 0.441. The largest absolute Gasteiger partial charge is 0.505 e. The number of hydrogen-bond donors (Lipinski definition) is 2. The minimum atomic E-state index is 0.0347. The first kappa shape index (κ1) is 9.55. The van der Waals surface area contributed by atoms with Crippen LogP contribution in [0.2, 0.25) is 5.15 Å². The minimum Gasteiger partial charge on any atom is -0.505 e. The van der Waals surface area contributed by atoms with Gasteiger partial charge in [0, 0.05) is 21.4 Å². The Morgan fingerprint density at radius 3 is 2.79 bits per heavy atom. The summed E-state index contributed by atoms with van der Waals surface area (Å²) in [5.74, 6) is 0.0347. The van der Waals surface area contributed by atoms with Crippen molar-refractivity contribution < 1.29 is 5.11 Å². The van der Waals surface area contributed by atoms with E-state index in [4.69, 9.17) is 17.3 Å². The number of nitrogen functional groups attached to an aromatic ring is 1. The number of nitrogens with two attached hydrogens (primary N) is 1. The fourth-order valence-electron chi connectivity index (χ4n) is 1.25. The van der Waals surface area contributed by atoms with E-state index in [2.05, 4.69) is 20.9 Å². The van der Waals surface area contributed by atoms with Crippen LogP contribution in [0.3, 0.4) is 0 Å². The van der Waals surface area contributed by atoms with Crippen molar-refractivity contribution >= 4 is 44.0 Å². The van der Waals surface area contributed by atoms with Gasteiger partial charge in [0.2, 0.25) is 0 Å². The van der Waals surface area contributed by atoms with Crippen LogP contribution in [0.5, 0.6) is 5.75 Å². The molecule has 0 saturated heterocycles. The van der Waals surface area contributed by atoms with E-state index < -0.39 is 0 Å². The Bertz CT molecular complexity index is 516. The van der Waals surface area contributed by atoms with Gasteiger partial charge in [0.1, 0.15) is 10.9 Å². The lowest BCUT2D eigenvalue weighted by Crippen LogP contribution is -1.88. The number of nitrogens with zero attached hydrogens (tertiary/aromatic N) is 1. The summed E-state index contributed by atoms with van der Waals surface area (Å²) in [6, 6.07) is 3.21. The Morgan fingerprint density at radius 1 is 1.36 bits per heavy atom. The highest BCUT2D eigenvalue weighted by atomic mass is 79.9. The summed E-state index contributed by atoms with van der Waals surface area (Å²) in [6.45, 7) is 0. The summed E-state index contributed by atoms with van der Waals surface area (Å²) in [7, 11) is 0. The molecule has 0 spiro atoms. The molecule has 0 fully saturated rings. The molecule has 0 unspecified atom stereocenters. The molecule has 72 valence electrons. The predicted molar refractivity (Wildman–Crippen MR) is 60.5 cm³/mol. The molecule has 1 aromatic heterocycles. The van der Waals surface area contributed by atoms with E-state index in [0.717, 1.165) is 9.86 Å². The maximum absolute atomic E-state index is 9.67. The molecule has 3 nitrogen and oxygen atoms in total. The van der Waals surface area contributed by atoms with Crippen LogP contribution in [-0.2, 0) is 0 Å². The average Bonchev–Trinajstić information content (AvgIpc) is 2.14. The highest BCUT2D eigenvalue weighted by Crippen LogP contribution is 2.36. The number of hydrogen-bond acceptors (Lipinski definition) is 3. The number of pyridine rings is 1. The molecule has 0 saturated carbocycles. The molecule has 0 amide bonds. The van der Waals surface area contributed by atoms with Crippen LogP contribution in [-0.4, -0.2) is 10.1 Å². The number of phenolic OH excluding ortho intramolecular Hbond substituents is 1. The normalized spacial score (nSPS) is 10.7. The van der Waals surface area contributed by atoms with E-state index in [0.29, 0.717) is 16.2 Å². The number of fused-ring (bicyclic) bond motifs is 1. The lowest BCUT2D eigenvalue weighted by atomic mass is 10.1. The zero-order valence-electron chi connectivity index (χ0n) is 6.96. The summed E-state index contributed by atoms with van der Waals surface area (Å²) < 4.78 is 0.784. The Balaban J connectivity index is 2.95. The van der Waals surface area contributed by atoms with Crippen LogP contribution < -0.4 is 5.73 Å². The first-order valence-electron chi connectivity index (χ1n) is 3.82. The van der Waals surface area contributed by atoms with Gasteiger partial charge in [0.25, 0.3) is 0 Å². The molecular weight excluding hydrogens is 267 g/mol. The maximum atomic E-state index is 9.67. The van der Waals surface area contributed by atoms with Crippen molar-refractivity contribution in [2.24, 2.45) is 0 Å². The third-order valence-corrected chi connectivity index (χ3v) is 2.80. The number of aromatic hydroxyl groups is 1.